The second kappa shape index (κ2) is 11.0. The van der Waals surface area contributed by atoms with Gasteiger partial charge < -0.3 is 20.7 Å². The molecule has 2 rings (SSSR count). The first-order chi connectivity index (χ1) is 13.4. The number of nitrogens with zero attached hydrogens (tertiary/aromatic N) is 2. The van der Waals surface area contributed by atoms with Gasteiger partial charge in [-0.2, -0.15) is 0 Å². The van der Waals surface area contributed by atoms with E-state index in [1.807, 2.05) is 25.1 Å². The molecule has 28 heavy (non-hydrogen) atoms. The van der Waals surface area contributed by atoms with Crippen LogP contribution in [0.15, 0.2) is 29.3 Å². The summed E-state index contributed by atoms with van der Waals surface area (Å²) < 4.78 is 5.44. The Morgan fingerprint density at radius 1 is 1.21 bits per heavy atom. The topological polar surface area (TPSA) is 78.0 Å². The Morgan fingerprint density at radius 3 is 2.64 bits per heavy atom. The lowest BCUT2D eigenvalue weighted by Crippen LogP contribution is -2.56. The van der Waals surface area contributed by atoms with Gasteiger partial charge in [0.15, 0.2) is 5.96 Å². The summed E-state index contributed by atoms with van der Waals surface area (Å²) in [5.74, 6) is 0.527. The number of hydrogen-bond donors (Lipinski definition) is 3. The maximum atomic E-state index is 12.3. The van der Waals surface area contributed by atoms with Gasteiger partial charge in [-0.15, -0.1) is 0 Å². The summed E-state index contributed by atoms with van der Waals surface area (Å²) in [5, 5.41) is 9.50. The lowest BCUT2D eigenvalue weighted by atomic mass is 10.0. The summed E-state index contributed by atoms with van der Waals surface area (Å²) in [6, 6.07) is 7.90. The molecule has 1 amide bonds. The minimum atomic E-state index is -0.127. The Hall–Kier alpha value is -2.12. The number of carbonyl (C=O) groups is 1. The number of amides is 1. The van der Waals surface area contributed by atoms with Crippen molar-refractivity contribution < 1.29 is 9.53 Å². The largest absolute Gasteiger partial charge is 0.379 e. The fourth-order valence-electron chi connectivity index (χ4n) is 3.14. The third kappa shape index (κ3) is 7.13. The van der Waals surface area contributed by atoms with Crippen LogP contribution in [0.3, 0.4) is 0 Å². The van der Waals surface area contributed by atoms with E-state index in [-0.39, 0.29) is 18.0 Å². The number of anilines is 1. The fourth-order valence-corrected chi connectivity index (χ4v) is 3.14. The molecule has 1 saturated heterocycles. The lowest BCUT2D eigenvalue weighted by Gasteiger charge is -2.41. The third-order valence-electron chi connectivity index (χ3n) is 4.90. The van der Waals surface area contributed by atoms with E-state index < -0.39 is 0 Å². The maximum Gasteiger partial charge on any atom is 0.246 e. The predicted octanol–water partition coefficient (Wildman–Crippen LogP) is 1.85. The summed E-state index contributed by atoms with van der Waals surface area (Å²) in [7, 11) is 0. The van der Waals surface area contributed by atoms with E-state index in [1.54, 1.807) is 0 Å². The molecule has 1 aliphatic rings. The first-order valence-corrected chi connectivity index (χ1v) is 10.2. The molecule has 0 radical (unpaired) electrons. The Labute approximate surface area is 168 Å². The number of aryl methyl sites for hydroxylation is 1. The minimum Gasteiger partial charge on any atom is -0.379 e. The van der Waals surface area contributed by atoms with Crippen LogP contribution < -0.4 is 16.0 Å². The highest BCUT2D eigenvalue weighted by Crippen LogP contribution is 2.15. The molecular formula is C21H35N5O2. The molecule has 0 spiro atoms. The molecule has 7 nitrogen and oxygen atoms in total. The molecule has 156 valence electrons. The second-order valence-corrected chi connectivity index (χ2v) is 7.56. The van der Waals surface area contributed by atoms with E-state index >= 15 is 0 Å². The molecule has 0 bridgehead atoms. The first kappa shape index (κ1) is 22.2. The summed E-state index contributed by atoms with van der Waals surface area (Å²) in [6.45, 7) is 13.5. The first-order valence-electron chi connectivity index (χ1n) is 10.2. The SMILES string of the molecule is CCNC(=NCC(=O)Nc1cccc(CC)c1)NCC(C)(C)N1CCOCC1. The van der Waals surface area contributed by atoms with Crippen LogP contribution in [-0.2, 0) is 16.0 Å². The van der Waals surface area contributed by atoms with Gasteiger partial charge in [-0.1, -0.05) is 19.1 Å². The smallest absolute Gasteiger partial charge is 0.246 e. The molecule has 0 atom stereocenters. The summed E-state index contributed by atoms with van der Waals surface area (Å²) in [6.07, 6.45) is 0.940. The van der Waals surface area contributed by atoms with Crippen LogP contribution in [0.1, 0.15) is 33.3 Å². The van der Waals surface area contributed by atoms with Gasteiger partial charge in [0.25, 0.3) is 0 Å². The van der Waals surface area contributed by atoms with Crippen molar-refractivity contribution in [3.05, 3.63) is 29.8 Å². The summed E-state index contributed by atoms with van der Waals surface area (Å²) in [5.41, 5.74) is 1.98. The molecule has 0 saturated carbocycles. The predicted molar refractivity (Wildman–Crippen MR) is 115 cm³/mol. The number of rotatable bonds is 8. The quantitative estimate of drug-likeness (QED) is 0.467. The van der Waals surface area contributed by atoms with Crippen LogP contribution in [0.2, 0.25) is 0 Å². The number of guanidine groups is 1. The Kier molecular flexibility index (Phi) is 8.73. The highest BCUT2D eigenvalue weighted by atomic mass is 16.5. The van der Waals surface area contributed by atoms with Crippen molar-refractivity contribution >= 4 is 17.6 Å². The summed E-state index contributed by atoms with van der Waals surface area (Å²) >= 11 is 0. The van der Waals surface area contributed by atoms with Crippen molar-refractivity contribution in [3.8, 4) is 0 Å². The van der Waals surface area contributed by atoms with Gasteiger partial charge in [0, 0.05) is 37.4 Å². The molecule has 0 unspecified atom stereocenters. The summed E-state index contributed by atoms with van der Waals surface area (Å²) in [4.78, 5) is 19.1. The third-order valence-corrected chi connectivity index (χ3v) is 4.90. The van der Waals surface area contributed by atoms with Crippen LogP contribution in [0, 0.1) is 0 Å². The van der Waals surface area contributed by atoms with Crippen LogP contribution in [-0.4, -0.2) is 68.2 Å². The fraction of sp³-hybridized carbons (Fsp3) is 0.619. The van der Waals surface area contributed by atoms with Crippen molar-refractivity contribution in [2.75, 3.05) is 51.3 Å². The van der Waals surface area contributed by atoms with Gasteiger partial charge in [0.2, 0.25) is 5.91 Å². The van der Waals surface area contributed by atoms with Crippen molar-refractivity contribution in [1.29, 1.82) is 0 Å². The maximum absolute atomic E-state index is 12.3. The molecule has 1 aromatic rings. The highest BCUT2D eigenvalue weighted by molar-refractivity contribution is 5.94. The van der Waals surface area contributed by atoms with Crippen molar-refractivity contribution in [3.63, 3.8) is 0 Å². The Balaban J connectivity index is 1.88. The number of nitrogens with one attached hydrogen (secondary N) is 3. The number of benzene rings is 1. The van der Waals surface area contributed by atoms with E-state index in [0.29, 0.717) is 5.96 Å². The van der Waals surface area contributed by atoms with Crippen LogP contribution in [0.25, 0.3) is 0 Å². The van der Waals surface area contributed by atoms with E-state index in [2.05, 4.69) is 52.7 Å². The number of hydrogen-bond acceptors (Lipinski definition) is 4. The molecule has 3 N–H and O–H groups in total. The molecule has 1 aliphatic heterocycles. The van der Waals surface area contributed by atoms with Crippen LogP contribution >= 0.6 is 0 Å². The molecule has 1 aromatic carbocycles. The van der Waals surface area contributed by atoms with Crippen molar-refractivity contribution in [1.82, 2.24) is 15.5 Å². The number of morpholine rings is 1. The highest BCUT2D eigenvalue weighted by Gasteiger charge is 2.28. The monoisotopic (exact) mass is 389 g/mol. The molecule has 0 aliphatic carbocycles. The average molecular weight is 390 g/mol. The molecular weight excluding hydrogens is 354 g/mol. The van der Waals surface area contributed by atoms with E-state index in [4.69, 9.17) is 4.74 Å². The van der Waals surface area contributed by atoms with Crippen LogP contribution in [0.5, 0.6) is 0 Å². The number of carbonyl (C=O) groups excluding carboxylic acids is 1. The van der Waals surface area contributed by atoms with Gasteiger partial charge in [0.05, 0.1) is 13.2 Å². The van der Waals surface area contributed by atoms with E-state index in [9.17, 15) is 4.79 Å². The van der Waals surface area contributed by atoms with Crippen molar-refractivity contribution in [2.45, 2.75) is 39.7 Å². The van der Waals surface area contributed by atoms with Gasteiger partial charge in [0.1, 0.15) is 6.54 Å². The molecule has 1 fully saturated rings. The molecule has 0 aromatic heterocycles. The van der Waals surface area contributed by atoms with Crippen LogP contribution in [0.4, 0.5) is 5.69 Å². The van der Waals surface area contributed by atoms with Gasteiger partial charge >= 0.3 is 0 Å². The number of aliphatic imine (C=N–C) groups is 1. The second-order valence-electron chi connectivity index (χ2n) is 7.56. The Bertz CT molecular complexity index is 654. The van der Waals surface area contributed by atoms with E-state index in [1.165, 1.54) is 5.56 Å². The van der Waals surface area contributed by atoms with Crippen molar-refractivity contribution in [2.24, 2.45) is 4.99 Å². The minimum absolute atomic E-state index is 0.0250. The average Bonchev–Trinajstić information content (AvgIpc) is 2.71. The standard InChI is InChI=1S/C21H35N5O2/c1-5-17-8-7-9-18(14-17)25-19(27)15-23-20(22-6-2)24-16-21(3,4)26-10-12-28-13-11-26/h7-9,14H,5-6,10-13,15-16H2,1-4H3,(H,25,27)(H2,22,23,24). The van der Waals surface area contributed by atoms with Gasteiger partial charge in [-0.25, -0.2) is 4.99 Å². The lowest BCUT2D eigenvalue weighted by molar-refractivity contribution is -0.114. The zero-order valence-electron chi connectivity index (χ0n) is 17.7. The zero-order chi connectivity index (χ0) is 20.4. The van der Waals surface area contributed by atoms with Gasteiger partial charge in [-0.05, 0) is 44.9 Å². The number of ether oxygens (including phenoxy) is 1. The Morgan fingerprint density at radius 2 is 1.96 bits per heavy atom. The molecule has 1 heterocycles. The molecule has 7 heteroatoms. The van der Waals surface area contributed by atoms with E-state index in [0.717, 1.165) is 51.5 Å². The zero-order valence-corrected chi connectivity index (χ0v) is 17.7. The normalized spacial score (nSPS) is 15.9. The van der Waals surface area contributed by atoms with Gasteiger partial charge in [-0.3, -0.25) is 9.69 Å².